The van der Waals surface area contributed by atoms with Crippen molar-refractivity contribution < 1.29 is 9.53 Å². The van der Waals surface area contributed by atoms with Gasteiger partial charge in [-0.3, -0.25) is 9.69 Å². The van der Waals surface area contributed by atoms with Crippen molar-refractivity contribution in [3.63, 3.8) is 0 Å². The van der Waals surface area contributed by atoms with E-state index in [0.29, 0.717) is 6.61 Å². The molecule has 1 aliphatic heterocycles. The monoisotopic (exact) mass is 382 g/mol. The molecule has 1 atom stereocenters. The number of carbonyl (C=O) groups excluding carboxylic acids is 1. The topological polar surface area (TPSA) is 41.6 Å². The minimum absolute atomic E-state index is 0.0645. The molecule has 1 fully saturated rings. The van der Waals surface area contributed by atoms with E-state index in [2.05, 4.69) is 33.1 Å². The first-order chi connectivity index (χ1) is 10.8. The standard InChI is InChI=1S/C18H27BrN2O2/c1-14-5-4-10-21(13-14)11-12-23-16-8-6-15(7-9-16)20-17(22)18(2,3)19/h6-9,14H,4-5,10-13H2,1-3H3,(H,20,22). The fourth-order valence-corrected chi connectivity index (χ4v) is 2.80. The minimum atomic E-state index is -0.576. The first kappa shape index (κ1) is 18.3. The van der Waals surface area contributed by atoms with Gasteiger partial charge < -0.3 is 10.1 Å². The van der Waals surface area contributed by atoms with Crippen molar-refractivity contribution in [1.29, 1.82) is 0 Å². The zero-order chi connectivity index (χ0) is 16.9. The van der Waals surface area contributed by atoms with Gasteiger partial charge in [0.1, 0.15) is 12.4 Å². The lowest BCUT2D eigenvalue weighted by molar-refractivity contribution is -0.117. The van der Waals surface area contributed by atoms with Crippen molar-refractivity contribution in [1.82, 2.24) is 4.90 Å². The average molecular weight is 383 g/mol. The summed E-state index contributed by atoms with van der Waals surface area (Å²) in [6.07, 6.45) is 2.63. The second kappa shape index (κ2) is 8.15. The van der Waals surface area contributed by atoms with Crippen LogP contribution in [-0.2, 0) is 4.79 Å². The van der Waals surface area contributed by atoms with E-state index in [1.807, 2.05) is 38.1 Å². The van der Waals surface area contributed by atoms with Crippen molar-refractivity contribution in [3.05, 3.63) is 24.3 Å². The van der Waals surface area contributed by atoms with E-state index >= 15 is 0 Å². The zero-order valence-corrected chi connectivity index (χ0v) is 15.9. The molecule has 5 heteroatoms. The third-order valence-electron chi connectivity index (χ3n) is 4.07. The number of piperidine rings is 1. The molecule has 128 valence electrons. The van der Waals surface area contributed by atoms with Crippen LogP contribution < -0.4 is 10.1 Å². The van der Waals surface area contributed by atoms with Gasteiger partial charge in [0.05, 0.1) is 4.32 Å². The number of halogens is 1. The van der Waals surface area contributed by atoms with Gasteiger partial charge in [0.15, 0.2) is 0 Å². The molecule has 1 aromatic rings. The van der Waals surface area contributed by atoms with Gasteiger partial charge in [0.25, 0.3) is 0 Å². The summed E-state index contributed by atoms with van der Waals surface area (Å²) in [5.74, 6) is 1.57. The number of benzene rings is 1. The maximum atomic E-state index is 11.9. The number of likely N-dealkylation sites (tertiary alicyclic amines) is 1. The predicted octanol–water partition coefficient (Wildman–Crippen LogP) is 3.91. The van der Waals surface area contributed by atoms with Crippen molar-refractivity contribution in [2.24, 2.45) is 5.92 Å². The van der Waals surface area contributed by atoms with Gasteiger partial charge in [0, 0.05) is 18.8 Å². The van der Waals surface area contributed by atoms with Gasteiger partial charge in [-0.05, 0) is 63.4 Å². The van der Waals surface area contributed by atoms with Crippen molar-refractivity contribution in [2.75, 3.05) is 31.6 Å². The summed E-state index contributed by atoms with van der Waals surface area (Å²) in [6, 6.07) is 7.54. The largest absolute Gasteiger partial charge is 0.492 e. The Morgan fingerprint density at radius 3 is 2.70 bits per heavy atom. The Balaban J connectivity index is 1.75. The van der Waals surface area contributed by atoms with Crippen LogP contribution in [0.25, 0.3) is 0 Å². The molecule has 0 aliphatic carbocycles. The average Bonchev–Trinajstić information content (AvgIpc) is 2.48. The summed E-state index contributed by atoms with van der Waals surface area (Å²) in [5.41, 5.74) is 0.778. The fraction of sp³-hybridized carbons (Fsp3) is 0.611. The van der Waals surface area contributed by atoms with E-state index in [9.17, 15) is 4.79 Å². The minimum Gasteiger partial charge on any atom is -0.492 e. The Labute approximate surface area is 147 Å². The fourth-order valence-electron chi connectivity index (χ4n) is 2.70. The van der Waals surface area contributed by atoms with Gasteiger partial charge in [-0.25, -0.2) is 0 Å². The van der Waals surface area contributed by atoms with E-state index in [0.717, 1.165) is 23.9 Å². The molecule has 1 unspecified atom stereocenters. The summed E-state index contributed by atoms with van der Waals surface area (Å²) in [7, 11) is 0. The van der Waals surface area contributed by atoms with Crippen LogP contribution in [0.2, 0.25) is 0 Å². The second-order valence-corrected chi connectivity index (χ2v) is 8.83. The first-order valence-corrected chi connectivity index (χ1v) is 9.09. The maximum Gasteiger partial charge on any atom is 0.240 e. The Morgan fingerprint density at radius 1 is 1.39 bits per heavy atom. The van der Waals surface area contributed by atoms with Crippen molar-refractivity contribution in [3.8, 4) is 5.75 Å². The van der Waals surface area contributed by atoms with Crippen LogP contribution >= 0.6 is 15.9 Å². The summed E-state index contributed by atoms with van der Waals surface area (Å²) in [5, 5.41) is 2.87. The quantitative estimate of drug-likeness (QED) is 0.758. The van der Waals surface area contributed by atoms with Crippen LogP contribution in [0.5, 0.6) is 5.75 Å². The molecule has 4 nitrogen and oxygen atoms in total. The van der Waals surface area contributed by atoms with Gasteiger partial charge in [0.2, 0.25) is 5.91 Å². The van der Waals surface area contributed by atoms with Crippen molar-refractivity contribution >= 4 is 27.5 Å². The number of ether oxygens (including phenoxy) is 1. The molecule has 0 spiro atoms. The number of alkyl halides is 1. The molecule has 0 aromatic heterocycles. The predicted molar refractivity (Wildman–Crippen MR) is 98.4 cm³/mol. The third kappa shape index (κ3) is 6.15. The van der Waals surface area contributed by atoms with Crippen LogP contribution in [0, 0.1) is 5.92 Å². The van der Waals surface area contributed by atoms with Crippen LogP contribution in [0.3, 0.4) is 0 Å². The number of carbonyl (C=O) groups is 1. The summed E-state index contributed by atoms with van der Waals surface area (Å²) >= 11 is 3.35. The molecule has 1 N–H and O–H groups in total. The lowest BCUT2D eigenvalue weighted by Gasteiger charge is -2.30. The molecule has 0 saturated carbocycles. The molecule has 1 aliphatic rings. The normalized spacial score (nSPS) is 19.4. The number of anilines is 1. The molecule has 23 heavy (non-hydrogen) atoms. The Kier molecular flexibility index (Phi) is 6.48. The van der Waals surface area contributed by atoms with E-state index in [1.54, 1.807) is 0 Å². The summed E-state index contributed by atoms with van der Waals surface area (Å²) in [6.45, 7) is 9.99. The Morgan fingerprint density at radius 2 is 2.09 bits per heavy atom. The van der Waals surface area contributed by atoms with E-state index in [1.165, 1.54) is 25.9 Å². The number of nitrogens with one attached hydrogen (secondary N) is 1. The number of nitrogens with zero attached hydrogens (tertiary/aromatic N) is 1. The maximum absolute atomic E-state index is 11.9. The highest BCUT2D eigenvalue weighted by molar-refractivity contribution is 9.10. The van der Waals surface area contributed by atoms with Crippen molar-refractivity contribution in [2.45, 2.75) is 37.9 Å². The smallest absolute Gasteiger partial charge is 0.240 e. The second-order valence-electron chi connectivity index (χ2n) is 6.85. The lowest BCUT2D eigenvalue weighted by Crippen LogP contribution is -2.37. The van der Waals surface area contributed by atoms with Gasteiger partial charge in [-0.2, -0.15) is 0 Å². The zero-order valence-electron chi connectivity index (χ0n) is 14.3. The van der Waals surface area contributed by atoms with Crippen LogP contribution in [0.4, 0.5) is 5.69 Å². The molecular weight excluding hydrogens is 356 g/mol. The lowest BCUT2D eigenvalue weighted by atomic mass is 10.0. The summed E-state index contributed by atoms with van der Waals surface area (Å²) < 4.78 is 5.23. The SMILES string of the molecule is CC1CCCN(CCOc2ccc(NC(=O)C(C)(C)Br)cc2)C1. The molecule has 1 saturated heterocycles. The molecule has 0 bridgehead atoms. The van der Waals surface area contributed by atoms with Crippen LogP contribution in [-0.4, -0.2) is 41.4 Å². The summed E-state index contributed by atoms with van der Waals surface area (Å²) in [4.78, 5) is 14.4. The van der Waals surface area contributed by atoms with E-state index in [-0.39, 0.29) is 5.91 Å². The first-order valence-electron chi connectivity index (χ1n) is 8.30. The van der Waals surface area contributed by atoms with Gasteiger partial charge >= 0.3 is 0 Å². The van der Waals surface area contributed by atoms with E-state index in [4.69, 9.17) is 4.74 Å². The number of hydrogen-bond donors (Lipinski definition) is 1. The molecular formula is C18H27BrN2O2. The molecule has 1 amide bonds. The molecule has 0 radical (unpaired) electrons. The Bertz CT molecular complexity index is 511. The Hall–Kier alpha value is -1.07. The number of rotatable bonds is 6. The molecule has 1 heterocycles. The highest BCUT2D eigenvalue weighted by Gasteiger charge is 2.23. The van der Waals surface area contributed by atoms with Crippen LogP contribution in [0.1, 0.15) is 33.6 Å². The highest BCUT2D eigenvalue weighted by Crippen LogP contribution is 2.21. The molecule has 1 aromatic carbocycles. The number of hydrogen-bond acceptors (Lipinski definition) is 3. The molecule has 2 rings (SSSR count). The third-order valence-corrected chi connectivity index (χ3v) is 4.43. The van der Waals surface area contributed by atoms with Crippen LogP contribution in [0.15, 0.2) is 24.3 Å². The van der Waals surface area contributed by atoms with E-state index < -0.39 is 4.32 Å². The van der Waals surface area contributed by atoms with Gasteiger partial charge in [-0.15, -0.1) is 0 Å². The number of amides is 1. The van der Waals surface area contributed by atoms with Gasteiger partial charge in [-0.1, -0.05) is 22.9 Å². The highest BCUT2D eigenvalue weighted by atomic mass is 79.9.